The van der Waals surface area contributed by atoms with E-state index in [1.165, 1.54) is 4.90 Å². The second-order valence-corrected chi connectivity index (χ2v) is 9.63. The van der Waals surface area contributed by atoms with Crippen LogP contribution in [0.3, 0.4) is 0 Å². The molecule has 10 heteroatoms. The smallest absolute Gasteiger partial charge is 0.250 e. The zero-order valence-electron chi connectivity index (χ0n) is 18.4. The number of fused-ring (bicyclic) bond motifs is 5. The van der Waals surface area contributed by atoms with Crippen molar-refractivity contribution < 1.29 is 29.0 Å². The molecule has 34 heavy (non-hydrogen) atoms. The van der Waals surface area contributed by atoms with Crippen LogP contribution in [0.5, 0.6) is 11.5 Å². The molecule has 4 aliphatic rings. The van der Waals surface area contributed by atoms with E-state index < -0.39 is 47.2 Å². The molecule has 0 saturated carbocycles. The Labute approximate surface area is 200 Å². The molecule has 4 aliphatic heterocycles. The Morgan fingerprint density at radius 2 is 1.94 bits per heavy atom. The molecular weight excluding hydrogens is 462 g/mol. The van der Waals surface area contributed by atoms with Crippen molar-refractivity contribution in [2.24, 2.45) is 11.8 Å². The highest BCUT2D eigenvalue weighted by molar-refractivity contribution is 6.32. The van der Waals surface area contributed by atoms with Crippen LogP contribution in [0, 0.1) is 18.8 Å². The van der Waals surface area contributed by atoms with Gasteiger partial charge in [-0.25, -0.2) is 0 Å². The van der Waals surface area contributed by atoms with Gasteiger partial charge in [0.05, 0.1) is 30.2 Å². The maximum Gasteiger partial charge on any atom is 0.250 e. The molecule has 1 spiro atoms. The summed E-state index contributed by atoms with van der Waals surface area (Å²) in [5.74, 6) is -2.06. The van der Waals surface area contributed by atoms with Crippen LogP contribution in [0.4, 0.5) is 5.69 Å². The molecule has 0 radical (unpaired) electrons. The van der Waals surface area contributed by atoms with Crippen molar-refractivity contribution in [2.75, 3.05) is 12.1 Å². The molecule has 0 aromatic heterocycles. The molecule has 4 heterocycles. The zero-order chi connectivity index (χ0) is 23.9. The van der Waals surface area contributed by atoms with Crippen LogP contribution in [0.15, 0.2) is 30.3 Å². The zero-order valence-corrected chi connectivity index (χ0v) is 19.2. The first-order chi connectivity index (χ1) is 16.2. The molecule has 0 aliphatic carbocycles. The topological polar surface area (TPSA) is 117 Å². The summed E-state index contributed by atoms with van der Waals surface area (Å²) in [5.41, 5.74) is 0.985. The lowest BCUT2D eigenvalue weighted by Crippen LogP contribution is -2.54. The fourth-order valence-corrected chi connectivity index (χ4v) is 5.93. The number of nitrogens with zero attached hydrogens (tertiary/aromatic N) is 1. The van der Waals surface area contributed by atoms with Gasteiger partial charge in [-0.1, -0.05) is 23.7 Å². The summed E-state index contributed by atoms with van der Waals surface area (Å²) in [5, 5.41) is 17.1. The highest BCUT2D eigenvalue weighted by Crippen LogP contribution is 2.54. The van der Waals surface area contributed by atoms with E-state index in [4.69, 9.17) is 21.1 Å². The number of carbonyl (C=O) groups is 3. The fraction of sp³-hybridized carbons (Fsp3) is 0.375. The van der Waals surface area contributed by atoms with E-state index >= 15 is 0 Å². The Morgan fingerprint density at radius 3 is 2.71 bits per heavy atom. The van der Waals surface area contributed by atoms with Gasteiger partial charge in [0.25, 0.3) is 0 Å². The summed E-state index contributed by atoms with van der Waals surface area (Å²) in [6.45, 7) is 3.48. The Kier molecular flexibility index (Phi) is 4.52. The normalized spacial score (nSPS) is 29.6. The predicted molar refractivity (Wildman–Crippen MR) is 120 cm³/mol. The molecule has 3 amide bonds. The monoisotopic (exact) mass is 483 g/mol. The van der Waals surface area contributed by atoms with Gasteiger partial charge >= 0.3 is 0 Å². The lowest BCUT2D eigenvalue weighted by Gasteiger charge is -2.30. The van der Waals surface area contributed by atoms with Gasteiger partial charge in [0.15, 0.2) is 11.5 Å². The van der Waals surface area contributed by atoms with Gasteiger partial charge in [0.1, 0.15) is 5.54 Å². The number of amides is 3. The number of carbonyl (C=O) groups excluding carboxylic acids is 3. The number of rotatable bonds is 3. The molecule has 3 N–H and O–H groups in total. The third kappa shape index (κ3) is 2.65. The number of benzene rings is 2. The Hall–Kier alpha value is -3.14. The van der Waals surface area contributed by atoms with Gasteiger partial charge in [-0.15, -0.1) is 0 Å². The third-order valence-electron chi connectivity index (χ3n) is 7.41. The fourth-order valence-electron chi connectivity index (χ4n) is 5.77. The van der Waals surface area contributed by atoms with Crippen LogP contribution >= 0.6 is 11.6 Å². The number of likely N-dealkylation sites (tertiary alicyclic amines) is 1. The SMILES string of the molecule is Cc1c(Cl)ccc2c1NC(=O)C21NC(C(C)O)C2C(=O)N(Cc3ccc4c(c3)OCO4)C(=O)C21. The Balaban J connectivity index is 1.43. The van der Waals surface area contributed by atoms with Gasteiger partial charge in [0.2, 0.25) is 24.5 Å². The molecule has 5 atom stereocenters. The summed E-state index contributed by atoms with van der Waals surface area (Å²) in [7, 11) is 0. The second kappa shape index (κ2) is 7.18. The number of imide groups is 1. The standard InChI is InChI=1S/C24H22ClN3O6/c1-10-14(25)5-4-13-19(10)26-23(32)24(13)18-17(20(27-24)11(2)29)21(30)28(22(18)31)8-12-3-6-15-16(7-12)34-9-33-15/h3-7,11,17-18,20,27,29H,8-9H2,1-2H3,(H,26,32). The van der Waals surface area contributed by atoms with Gasteiger partial charge < -0.3 is 19.9 Å². The average molecular weight is 484 g/mol. The molecule has 6 rings (SSSR count). The highest BCUT2D eigenvalue weighted by atomic mass is 35.5. The van der Waals surface area contributed by atoms with Gasteiger partial charge in [0, 0.05) is 16.6 Å². The minimum atomic E-state index is -1.48. The molecule has 2 aromatic rings. The third-order valence-corrected chi connectivity index (χ3v) is 7.82. The minimum absolute atomic E-state index is 0.0258. The number of aliphatic hydroxyl groups excluding tert-OH is 1. The largest absolute Gasteiger partial charge is 0.454 e. The summed E-state index contributed by atoms with van der Waals surface area (Å²) >= 11 is 6.27. The van der Waals surface area contributed by atoms with Crippen LogP contribution in [-0.2, 0) is 26.5 Å². The van der Waals surface area contributed by atoms with E-state index in [-0.39, 0.29) is 13.3 Å². The molecule has 0 bridgehead atoms. The maximum atomic E-state index is 13.8. The van der Waals surface area contributed by atoms with E-state index in [0.717, 1.165) is 0 Å². The predicted octanol–water partition coefficient (Wildman–Crippen LogP) is 1.68. The number of aliphatic hydroxyl groups is 1. The van der Waals surface area contributed by atoms with E-state index in [0.29, 0.717) is 38.9 Å². The minimum Gasteiger partial charge on any atom is -0.454 e. The van der Waals surface area contributed by atoms with Gasteiger partial charge in [-0.2, -0.15) is 0 Å². The number of hydrogen-bond donors (Lipinski definition) is 3. The van der Waals surface area contributed by atoms with Crippen LogP contribution in [0.25, 0.3) is 0 Å². The Morgan fingerprint density at radius 1 is 1.18 bits per heavy atom. The van der Waals surface area contributed by atoms with Crippen molar-refractivity contribution in [1.82, 2.24) is 10.2 Å². The number of ether oxygens (including phenoxy) is 2. The molecule has 2 aromatic carbocycles. The van der Waals surface area contributed by atoms with Crippen molar-refractivity contribution >= 4 is 35.0 Å². The molecule has 2 saturated heterocycles. The lowest BCUT2D eigenvalue weighted by atomic mass is 9.76. The van der Waals surface area contributed by atoms with Crippen molar-refractivity contribution in [3.05, 3.63) is 52.0 Å². The van der Waals surface area contributed by atoms with E-state index in [9.17, 15) is 19.5 Å². The Bertz CT molecular complexity index is 1280. The molecule has 176 valence electrons. The summed E-state index contributed by atoms with van der Waals surface area (Å²) in [6, 6.07) is 7.84. The van der Waals surface area contributed by atoms with Crippen molar-refractivity contribution in [2.45, 2.75) is 38.1 Å². The first kappa shape index (κ1) is 21.4. The second-order valence-electron chi connectivity index (χ2n) is 9.22. The van der Waals surface area contributed by atoms with Crippen LogP contribution < -0.4 is 20.1 Å². The average Bonchev–Trinajstić information content (AvgIpc) is 3.53. The van der Waals surface area contributed by atoms with Crippen molar-refractivity contribution in [3.63, 3.8) is 0 Å². The first-order valence-corrected chi connectivity index (χ1v) is 11.4. The molecule has 9 nitrogen and oxygen atoms in total. The quantitative estimate of drug-likeness (QED) is 0.568. The van der Waals surface area contributed by atoms with E-state index in [1.807, 2.05) is 0 Å². The summed E-state index contributed by atoms with van der Waals surface area (Å²) in [6.07, 6.45) is -0.973. The van der Waals surface area contributed by atoms with E-state index in [2.05, 4.69) is 10.6 Å². The van der Waals surface area contributed by atoms with Gasteiger partial charge in [-0.3, -0.25) is 24.6 Å². The van der Waals surface area contributed by atoms with Crippen LogP contribution in [0.1, 0.15) is 23.6 Å². The summed E-state index contributed by atoms with van der Waals surface area (Å²) < 4.78 is 10.7. The van der Waals surface area contributed by atoms with Crippen LogP contribution in [-0.4, -0.2) is 46.7 Å². The summed E-state index contributed by atoms with van der Waals surface area (Å²) in [4.78, 5) is 42.0. The maximum absolute atomic E-state index is 13.8. The van der Waals surface area contributed by atoms with Crippen LogP contribution in [0.2, 0.25) is 5.02 Å². The number of halogens is 1. The lowest BCUT2D eigenvalue weighted by molar-refractivity contribution is -0.143. The number of hydrogen-bond acceptors (Lipinski definition) is 7. The molecule has 2 fully saturated rings. The first-order valence-electron chi connectivity index (χ1n) is 11.0. The molecule has 5 unspecified atom stereocenters. The van der Waals surface area contributed by atoms with Crippen molar-refractivity contribution in [3.8, 4) is 11.5 Å². The number of anilines is 1. The van der Waals surface area contributed by atoms with Gasteiger partial charge in [-0.05, 0) is 43.2 Å². The highest BCUT2D eigenvalue weighted by Gasteiger charge is 2.71. The molecular formula is C24H22ClN3O6. The van der Waals surface area contributed by atoms with E-state index in [1.54, 1.807) is 44.2 Å². The van der Waals surface area contributed by atoms with Crippen molar-refractivity contribution in [1.29, 1.82) is 0 Å². The number of nitrogens with one attached hydrogen (secondary N) is 2.